The van der Waals surface area contributed by atoms with Gasteiger partial charge in [-0.25, -0.2) is 0 Å². The fraction of sp³-hybridized carbons (Fsp3) is 1.00. The Balaban J connectivity index is 3.08. The lowest BCUT2D eigenvalue weighted by atomic mass is 10.6. The van der Waals surface area contributed by atoms with Gasteiger partial charge in [0.15, 0.2) is 0 Å². The summed E-state index contributed by atoms with van der Waals surface area (Å²) in [5.41, 5.74) is 1.44. The molecule has 6 heteroatoms. The van der Waals surface area contributed by atoms with Crippen molar-refractivity contribution >= 4 is 65.4 Å². The van der Waals surface area contributed by atoms with Crippen molar-refractivity contribution in [3.05, 3.63) is 0 Å². The summed E-state index contributed by atoms with van der Waals surface area (Å²) in [6.07, 6.45) is 0. The Morgan fingerprint density at radius 3 is 1.54 bits per heavy atom. The Morgan fingerprint density at radius 1 is 0.846 bits per heavy atom. The Kier molecular flexibility index (Phi) is 11.4. The van der Waals surface area contributed by atoms with Crippen molar-refractivity contribution in [1.82, 2.24) is 0 Å². The third-order valence-electron chi connectivity index (χ3n) is 1.87. The zero-order chi connectivity index (χ0) is 10.1. The summed E-state index contributed by atoms with van der Waals surface area (Å²) >= 11 is 23.0. The number of hydrogen-bond acceptors (Lipinski definition) is 0. The smallest absolute Gasteiger partial charge is 0.0442 e. The fourth-order valence-corrected chi connectivity index (χ4v) is 7.83. The Hall–Kier alpha value is 1.59. The molecule has 13 heavy (non-hydrogen) atoms. The summed E-state index contributed by atoms with van der Waals surface area (Å²) < 4.78 is 0. The molecule has 0 aromatic rings. The second-order valence-corrected chi connectivity index (χ2v) is 10.4. The lowest BCUT2D eigenvalue weighted by Crippen LogP contribution is -2.10. The van der Waals surface area contributed by atoms with Gasteiger partial charge >= 0.3 is 0 Å². The molecule has 0 saturated carbocycles. The van der Waals surface area contributed by atoms with Gasteiger partial charge in [-0.3, -0.25) is 0 Å². The van der Waals surface area contributed by atoms with Gasteiger partial charge in [0.05, 0.1) is 0 Å². The molecule has 0 aromatic carbocycles. The summed E-state index contributed by atoms with van der Waals surface area (Å²) in [5.74, 6) is 1.19. The van der Waals surface area contributed by atoms with E-state index in [-0.39, 0.29) is 29.8 Å². The van der Waals surface area contributed by atoms with Crippen molar-refractivity contribution in [2.75, 3.05) is 11.8 Å². The number of halogens is 4. The summed E-state index contributed by atoms with van der Waals surface area (Å²) in [6, 6.07) is 2.35. The molecule has 0 saturated heterocycles. The van der Waals surface area contributed by atoms with Gasteiger partial charge in [0.25, 0.3) is 0 Å². The minimum atomic E-state index is 0.0459. The Labute approximate surface area is 105 Å². The van der Waals surface area contributed by atoms with E-state index in [1.54, 1.807) is 0 Å². The molecule has 0 radical (unpaired) electrons. The minimum Gasteiger partial charge on any atom is -0.125 e. The maximum Gasteiger partial charge on any atom is 0.0442 e. The van der Waals surface area contributed by atoms with Crippen LogP contribution in [0.1, 0.15) is 0 Å². The van der Waals surface area contributed by atoms with Crippen LogP contribution in [0, 0.1) is 0 Å². The zero-order valence-corrected chi connectivity index (χ0v) is 13.5. The first kappa shape index (κ1) is 14.6. The highest BCUT2D eigenvalue weighted by Gasteiger charge is 2.04. The zero-order valence-electron chi connectivity index (χ0n) is 7.62. The van der Waals surface area contributed by atoms with Gasteiger partial charge in [0.2, 0.25) is 0 Å². The Bertz CT molecular complexity index is 103. The second-order valence-electron chi connectivity index (χ2n) is 3.14. The molecule has 0 aromatic heterocycles. The van der Waals surface area contributed by atoms with Crippen LogP contribution in [0.4, 0.5) is 0 Å². The van der Waals surface area contributed by atoms with Crippen molar-refractivity contribution in [3.8, 4) is 0 Å². The van der Waals surface area contributed by atoms with Crippen molar-refractivity contribution in [2.45, 2.75) is 28.5 Å². The van der Waals surface area contributed by atoms with Crippen molar-refractivity contribution in [1.29, 1.82) is 0 Å². The average Bonchev–Trinajstić information content (AvgIpc) is 2.16. The van der Waals surface area contributed by atoms with Gasteiger partial charge in [-0.15, -0.1) is 46.4 Å². The highest BCUT2D eigenvalue weighted by molar-refractivity contribution is 6.57. The van der Waals surface area contributed by atoms with Gasteiger partial charge in [-0.1, -0.05) is 5.67 Å². The first-order valence-corrected chi connectivity index (χ1v) is 10.5. The molecule has 0 bridgehead atoms. The quantitative estimate of drug-likeness (QED) is 0.366. The highest BCUT2D eigenvalue weighted by atomic mass is 35.5. The average molecular weight is 298 g/mol. The molecule has 0 nitrogen and oxygen atoms in total. The van der Waals surface area contributed by atoms with Crippen LogP contribution < -0.4 is 0 Å². The number of alkyl halides is 4. The summed E-state index contributed by atoms with van der Waals surface area (Å²) in [6.45, 7) is 0. The number of rotatable bonds is 8. The molecule has 0 amide bonds. The molecule has 0 rings (SSSR count). The van der Waals surface area contributed by atoms with Crippen LogP contribution in [0.15, 0.2) is 0 Å². The van der Waals surface area contributed by atoms with Crippen LogP contribution in [0.5, 0.6) is 0 Å². The standard InChI is InChI=1S/C7H16Cl4Si2/c8-1-6(10)3-12-5-13-4-7(11)2-9/h6-7H,1-5,12-13H2. The molecule has 0 aliphatic rings. The third kappa shape index (κ3) is 9.89. The second kappa shape index (κ2) is 10.1. The maximum atomic E-state index is 5.91. The van der Waals surface area contributed by atoms with Gasteiger partial charge in [-0.2, -0.15) is 0 Å². The van der Waals surface area contributed by atoms with E-state index in [1.165, 1.54) is 17.8 Å². The Morgan fingerprint density at radius 2 is 1.23 bits per heavy atom. The van der Waals surface area contributed by atoms with Crippen molar-refractivity contribution < 1.29 is 0 Å². The SMILES string of the molecule is ClCC(Cl)C[SiH2]C[SiH2]CC(Cl)CCl. The molecular formula is C7H16Cl4Si2. The highest BCUT2D eigenvalue weighted by Crippen LogP contribution is 2.07. The molecule has 0 aliphatic heterocycles. The van der Waals surface area contributed by atoms with Crippen LogP contribution in [0.25, 0.3) is 0 Å². The van der Waals surface area contributed by atoms with E-state index in [0.29, 0.717) is 11.8 Å². The summed E-state index contributed by atoms with van der Waals surface area (Å²) in [5, 5.41) is 0.421. The minimum absolute atomic E-state index is 0.0459. The van der Waals surface area contributed by atoms with Gasteiger partial charge in [-0.05, 0) is 12.1 Å². The lowest BCUT2D eigenvalue weighted by molar-refractivity contribution is 1.08. The predicted molar refractivity (Wildman–Crippen MR) is 72.2 cm³/mol. The molecule has 0 aliphatic carbocycles. The van der Waals surface area contributed by atoms with E-state index in [2.05, 4.69) is 0 Å². The van der Waals surface area contributed by atoms with Crippen molar-refractivity contribution in [3.63, 3.8) is 0 Å². The van der Waals surface area contributed by atoms with Crippen LogP contribution in [0.2, 0.25) is 17.8 Å². The topological polar surface area (TPSA) is 0 Å². The molecule has 2 unspecified atom stereocenters. The summed E-state index contributed by atoms with van der Waals surface area (Å²) in [7, 11) is 0.0917. The molecule has 0 heterocycles. The monoisotopic (exact) mass is 296 g/mol. The summed E-state index contributed by atoms with van der Waals surface area (Å²) in [4.78, 5) is 0. The van der Waals surface area contributed by atoms with Crippen LogP contribution in [-0.2, 0) is 0 Å². The molecular weight excluding hydrogens is 282 g/mol. The molecule has 80 valence electrons. The molecule has 0 spiro atoms. The molecule has 2 atom stereocenters. The van der Waals surface area contributed by atoms with E-state index in [9.17, 15) is 0 Å². The van der Waals surface area contributed by atoms with Crippen molar-refractivity contribution in [2.24, 2.45) is 0 Å². The van der Waals surface area contributed by atoms with Crippen LogP contribution in [0.3, 0.4) is 0 Å². The van der Waals surface area contributed by atoms with E-state index in [0.717, 1.165) is 0 Å². The van der Waals surface area contributed by atoms with Crippen LogP contribution >= 0.6 is 46.4 Å². The fourth-order valence-electron chi connectivity index (χ4n) is 1.06. The third-order valence-corrected chi connectivity index (χ3v) is 10.6. The van der Waals surface area contributed by atoms with E-state index in [4.69, 9.17) is 46.4 Å². The normalized spacial score (nSPS) is 17.5. The largest absolute Gasteiger partial charge is 0.125 e. The predicted octanol–water partition coefficient (Wildman–Crippen LogP) is 2.23. The molecule has 0 N–H and O–H groups in total. The molecule has 0 fully saturated rings. The van der Waals surface area contributed by atoms with Crippen LogP contribution in [-0.4, -0.2) is 41.6 Å². The maximum absolute atomic E-state index is 5.91. The number of hydrogen-bond donors (Lipinski definition) is 0. The lowest BCUT2D eigenvalue weighted by Gasteiger charge is -2.05. The van der Waals surface area contributed by atoms with E-state index < -0.39 is 0 Å². The van der Waals surface area contributed by atoms with Gasteiger partial charge in [0.1, 0.15) is 0 Å². The van der Waals surface area contributed by atoms with E-state index in [1.807, 2.05) is 0 Å². The van der Waals surface area contributed by atoms with Gasteiger partial charge < -0.3 is 0 Å². The van der Waals surface area contributed by atoms with Gasteiger partial charge in [0, 0.05) is 41.6 Å². The first-order valence-electron chi connectivity index (χ1n) is 4.60. The first-order chi connectivity index (χ1) is 6.20. The van der Waals surface area contributed by atoms with E-state index >= 15 is 0 Å².